The Morgan fingerprint density at radius 3 is 2.60 bits per heavy atom. The van der Waals surface area contributed by atoms with Crippen LogP contribution in [0, 0.1) is 6.92 Å². The number of hydrogen-bond donors (Lipinski definition) is 1. The molecule has 0 aliphatic heterocycles. The zero-order valence-corrected chi connectivity index (χ0v) is 9.95. The maximum atomic E-state index is 4.32. The molecule has 0 unspecified atom stereocenters. The minimum absolute atomic E-state index is 0.834. The van der Waals surface area contributed by atoms with E-state index in [1.54, 1.807) is 0 Å². The van der Waals surface area contributed by atoms with Crippen molar-refractivity contribution in [1.82, 2.24) is 4.98 Å². The first-order valence-electron chi connectivity index (χ1n) is 4.71. The number of aromatic nitrogens is 1. The fourth-order valence-electron chi connectivity index (χ4n) is 1.33. The van der Waals surface area contributed by atoms with Gasteiger partial charge in [0.15, 0.2) is 0 Å². The molecule has 0 spiro atoms. The van der Waals surface area contributed by atoms with Crippen LogP contribution in [0.5, 0.6) is 0 Å². The van der Waals surface area contributed by atoms with Gasteiger partial charge < -0.3 is 5.32 Å². The van der Waals surface area contributed by atoms with E-state index < -0.39 is 0 Å². The number of para-hydroxylation sites is 1. The van der Waals surface area contributed by atoms with Crippen LogP contribution in [0.3, 0.4) is 0 Å². The number of nitrogens with zero attached hydrogens (tertiary/aromatic N) is 1. The minimum Gasteiger partial charge on any atom is -0.340 e. The fraction of sp³-hybridized carbons (Fsp3) is 0.0833. The molecule has 0 aliphatic rings. The van der Waals surface area contributed by atoms with Gasteiger partial charge >= 0.3 is 0 Å². The van der Waals surface area contributed by atoms with Gasteiger partial charge in [0.05, 0.1) is 0 Å². The average Bonchev–Trinajstić information content (AvgIpc) is 2.22. The number of rotatable bonds is 2. The molecular weight excluding hydrogens is 252 g/mol. The van der Waals surface area contributed by atoms with E-state index in [0.29, 0.717) is 0 Å². The van der Waals surface area contributed by atoms with Crippen LogP contribution in [-0.4, -0.2) is 4.98 Å². The molecule has 0 saturated heterocycles. The summed E-state index contributed by atoms with van der Waals surface area (Å²) in [5.41, 5.74) is 2.29. The maximum Gasteiger partial charge on any atom is 0.131 e. The van der Waals surface area contributed by atoms with Crippen molar-refractivity contribution in [1.29, 1.82) is 0 Å². The van der Waals surface area contributed by atoms with Crippen molar-refractivity contribution in [2.45, 2.75) is 6.92 Å². The summed E-state index contributed by atoms with van der Waals surface area (Å²) >= 11 is 3.34. The van der Waals surface area contributed by atoms with Crippen LogP contribution in [0.15, 0.2) is 47.1 Å². The van der Waals surface area contributed by atoms with Gasteiger partial charge in [-0.05, 0) is 46.6 Å². The summed E-state index contributed by atoms with van der Waals surface area (Å²) in [5, 5.41) is 3.27. The van der Waals surface area contributed by atoms with Gasteiger partial charge in [-0.2, -0.15) is 0 Å². The Kier molecular flexibility index (Phi) is 3.02. The van der Waals surface area contributed by atoms with E-state index in [2.05, 4.69) is 39.2 Å². The molecule has 2 aromatic rings. The number of anilines is 2. The van der Waals surface area contributed by atoms with Crippen molar-refractivity contribution in [3.05, 3.63) is 52.6 Å². The highest BCUT2D eigenvalue weighted by molar-refractivity contribution is 9.10. The number of benzene rings is 1. The molecule has 76 valence electrons. The Balaban J connectivity index is 2.26. The fourth-order valence-corrected chi connectivity index (χ4v) is 1.67. The lowest BCUT2D eigenvalue weighted by Crippen LogP contribution is -1.95. The third-order valence-electron chi connectivity index (χ3n) is 2.12. The highest BCUT2D eigenvalue weighted by Gasteiger charge is 1.98. The van der Waals surface area contributed by atoms with Crippen molar-refractivity contribution >= 4 is 27.4 Å². The lowest BCUT2D eigenvalue weighted by molar-refractivity contribution is 1.26. The third-order valence-corrected chi connectivity index (χ3v) is 2.56. The Labute approximate surface area is 97.5 Å². The second-order valence-corrected chi connectivity index (χ2v) is 4.10. The van der Waals surface area contributed by atoms with Gasteiger partial charge in [0.25, 0.3) is 0 Å². The van der Waals surface area contributed by atoms with Crippen LogP contribution < -0.4 is 5.32 Å². The van der Waals surface area contributed by atoms with Crippen LogP contribution >= 0.6 is 15.9 Å². The lowest BCUT2D eigenvalue weighted by atomic mass is 10.2. The third kappa shape index (κ3) is 2.57. The minimum atomic E-state index is 0.834. The molecule has 0 saturated carbocycles. The van der Waals surface area contributed by atoms with Crippen molar-refractivity contribution < 1.29 is 0 Å². The zero-order valence-electron chi connectivity index (χ0n) is 8.37. The molecule has 3 heteroatoms. The molecule has 0 aliphatic carbocycles. The summed E-state index contributed by atoms with van der Waals surface area (Å²) in [6, 6.07) is 13.9. The second kappa shape index (κ2) is 4.45. The quantitative estimate of drug-likeness (QED) is 0.831. The van der Waals surface area contributed by atoms with Gasteiger partial charge in [-0.15, -0.1) is 0 Å². The molecule has 1 aromatic carbocycles. The van der Waals surface area contributed by atoms with Crippen LogP contribution in [0.25, 0.3) is 0 Å². The number of aryl methyl sites for hydroxylation is 1. The number of halogens is 1. The summed E-state index contributed by atoms with van der Waals surface area (Å²) in [7, 11) is 0. The van der Waals surface area contributed by atoms with Crippen molar-refractivity contribution in [2.24, 2.45) is 0 Å². The maximum absolute atomic E-state index is 4.32. The molecular formula is C12H11BrN2. The molecule has 0 fully saturated rings. The van der Waals surface area contributed by atoms with E-state index in [1.165, 1.54) is 5.56 Å². The first-order valence-corrected chi connectivity index (χ1v) is 5.50. The number of pyridine rings is 1. The van der Waals surface area contributed by atoms with Gasteiger partial charge in [0.1, 0.15) is 10.4 Å². The Bertz CT molecular complexity index is 469. The van der Waals surface area contributed by atoms with E-state index in [0.717, 1.165) is 16.1 Å². The van der Waals surface area contributed by atoms with Crippen molar-refractivity contribution in [3.8, 4) is 0 Å². The molecule has 15 heavy (non-hydrogen) atoms. The Morgan fingerprint density at radius 1 is 1.07 bits per heavy atom. The second-order valence-electron chi connectivity index (χ2n) is 3.29. The predicted octanol–water partition coefficient (Wildman–Crippen LogP) is 3.90. The Hall–Kier alpha value is -1.35. The standard InChI is InChI=1S/C12H11BrN2/c1-9-5-2-3-6-10(9)14-12-8-4-7-11(13)15-12/h2-8H,1H3,(H,14,15). The van der Waals surface area contributed by atoms with E-state index in [1.807, 2.05) is 36.4 Å². The monoisotopic (exact) mass is 262 g/mol. The summed E-state index contributed by atoms with van der Waals surface area (Å²) in [4.78, 5) is 4.32. The van der Waals surface area contributed by atoms with Crippen LogP contribution in [-0.2, 0) is 0 Å². The summed E-state index contributed by atoms with van der Waals surface area (Å²) in [6.07, 6.45) is 0. The van der Waals surface area contributed by atoms with Crippen molar-refractivity contribution in [2.75, 3.05) is 5.32 Å². The van der Waals surface area contributed by atoms with Gasteiger partial charge in [0, 0.05) is 5.69 Å². The molecule has 1 N–H and O–H groups in total. The lowest BCUT2D eigenvalue weighted by Gasteiger charge is -2.08. The molecule has 2 nitrogen and oxygen atoms in total. The van der Waals surface area contributed by atoms with Gasteiger partial charge in [-0.1, -0.05) is 24.3 Å². The first kappa shape index (κ1) is 10.2. The Morgan fingerprint density at radius 2 is 1.87 bits per heavy atom. The highest BCUT2D eigenvalue weighted by Crippen LogP contribution is 2.19. The SMILES string of the molecule is Cc1ccccc1Nc1cccc(Br)n1. The molecule has 0 radical (unpaired) electrons. The zero-order chi connectivity index (χ0) is 10.7. The molecule has 0 atom stereocenters. The van der Waals surface area contributed by atoms with Crippen molar-refractivity contribution in [3.63, 3.8) is 0 Å². The number of hydrogen-bond acceptors (Lipinski definition) is 2. The van der Waals surface area contributed by atoms with Gasteiger partial charge in [-0.25, -0.2) is 4.98 Å². The normalized spacial score (nSPS) is 10.0. The van der Waals surface area contributed by atoms with E-state index in [4.69, 9.17) is 0 Å². The molecule has 0 bridgehead atoms. The highest BCUT2D eigenvalue weighted by atomic mass is 79.9. The van der Waals surface area contributed by atoms with E-state index >= 15 is 0 Å². The predicted molar refractivity (Wildman–Crippen MR) is 66.4 cm³/mol. The smallest absolute Gasteiger partial charge is 0.131 e. The van der Waals surface area contributed by atoms with Crippen LogP contribution in [0.2, 0.25) is 0 Å². The van der Waals surface area contributed by atoms with E-state index in [-0.39, 0.29) is 0 Å². The summed E-state index contributed by atoms with van der Waals surface area (Å²) in [6.45, 7) is 2.07. The summed E-state index contributed by atoms with van der Waals surface area (Å²) in [5.74, 6) is 0.846. The molecule has 2 rings (SSSR count). The average molecular weight is 263 g/mol. The van der Waals surface area contributed by atoms with E-state index in [9.17, 15) is 0 Å². The largest absolute Gasteiger partial charge is 0.340 e. The molecule has 1 aromatic heterocycles. The van der Waals surface area contributed by atoms with Gasteiger partial charge in [-0.3, -0.25) is 0 Å². The van der Waals surface area contributed by atoms with Gasteiger partial charge in [0.2, 0.25) is 0 Å². The van der Waals surface area contributed by atoms with Crippen LogP contribution in [0.4, 0.5) is 11.5 Å². The number of nitrogens with one attached hydrogen (secondary N) is 1. The topological polar surface area (TPSA) is 24.9 Å². The first-order chi connectivity index (χ1) is 7.25. The summed E-state index contributed by atoms with van der Waals surface area (Å²) < 4.78 is 0.834. The molecule has 1 heterocycles. The molecule has 0 amide bonds. The van der Waals surface area contributed by atoms with Crippen LogP contribution in [0.1, 0.15) is 5.56 Å².